The minimum absolute atomic E-state index is 0.202. The first kappa shape index (κ1) is 13.3. The maximum absolute atomic E-state index is 13.1. The molecule has 0 fully saturated rings. The fourth-order valence-electron chi connectivity index (χ4n) is 1.76. The largest absolute Gasteiger partial charge is 0.350 e. The fourth-order valence-corrected chi connectivity index (χ4v) is 1.76. The topological polar surface area (TPSA) is 46.9 Å². The Bertz CT molecular complexity index is 592. The number of hydrogen-bond donors (Lipinski definition) is 1. The van der Waals surface area contributed by atoms with E-state index in [1.54, 1.807) is 23.9 Å². The first-order chi connectivity index (χ1) is 9.06. The monoisotopic (exact) mass is 261 g/mol. The zero-order valence-electron chi connectivity index (χ0n) is 11.0. The lowest BCUT2D eigenvalue weighted by molar-refractivity contribution is 0.0952. The highest BCUT2D eigenvalue weighted by molar-refractivity contribution is 5.94. The Labute approximate surface area is 111 Å². The van der Waals surface area contributed by atoms with Gasteiger partial charge in [-0.1, -0.05) is 0 Å². The second kappa shape index (κ2) is 5.65. The van der Waals surface area contributed by atoms with E-state index in [1.807, 2.05) is 13.1 Å². The minimum atomic E-state index is -0.302. The first-order valence-corrected chi connectivity index (χ1v) is 6.09. The van der Waals surface area contributed by atoms with Crippen molar-refractivity contribution in [1.29, 1.82) is 0 Å². The SMILES string of the molecule is Cc1cnn(CCNC(=O)c2ccc(F)c(C)c2)c1. The van der Waals surface area contributed by atoms with Gasteiger partial charge in [0.2, 0.25) is 0 Å². The molecule has 1 aromatic carbocycles. The van der Waals surface area contributed by atoms with Crippen LogP contribution in [0.15, 0.2) is 30.6 Å². The van der Waals surface area contributed by atoms with Gasteiger partial charge in [-0.15, -0.1) is 0 Å². The average molecular weight is 261 g/mol. The molecule has 2 rings (SSSR count). The molecule has 0 aliphatic rings. The molecule has 0 saturated carbocycles. The molecule has 2 aromatic rings. The standard InChI is InChI=1S/C14H16FN3O/c1-10-8-17-18(9-10)6-5-16-14(19)12-3-4-13(15)11(2)7-12/h3-4,7-9H,5-6H2,1-2H3,(H,16,19). The second-order valence-electron chi connectivity index (χ2n) is 4.50. The number of aryl methyl sites for hydroxylation is 2. The molecule has 1 heterocycles. The lowest BCUT2D eigenvalue weighted by atomic mass is 10.1. The van der Waals surface area contributed by atoms with Crippen LogP contribution in [0, 0.1) is 19.7 Å². The average Bonchev–Trinajstić information content (AvgIpc) is 2.78. The number of amides is 1. The quantitative estimate of drug-likeness (QED) is 0.915. The zero-order chi connectivity index (χ0) is 13.8. The van der Waals surface area contributed by atoms with E-state index in [1.165, 1.54) is 12.1 Å². The van der Waals surface area contributed by atoms with Crippen LogP contribution in [-0.2, 0) is 6.54 Å². The lowest BCUT2D eigenvalue weighted by Gasteiger charge is -2.06. The van der Waals surface area contributed by atoms with E-state index in [0.717, 1.165) is 5.56 Å². The summed E-state index contributed by atoms with van der Waals surface area (Å²) in [5, 5.41) is 6.91. The molecule has 19 heavy (non-hydrogen) atoms. The lowest BCUT2D eigenvalue weighted by Crippen LogP contribution is -2.27. The van der Waals surface area contributed by atoms with Crippen molar-refractivity contribution >= 4 is 5.91 Å². The maximum atomic E-state index is 13.1. The molecule has 0 radical (unpaired) electrons. The summed E-state index contributed by atoms with van der Waals surface area (Å²) in [5.41, 5.74) is 2.02. The van der Waals surface area contributed by atoms with Gasteiger partial charge in [0, 0.05) is 18.3 Å². The molecule has 0 bridgehead atoms. The molecule has 100 valence electrons. The number of nitrogens with one attached hydrogen (secondary N) is 1. The first-order valence-electron chi connectivity index (χ1n) is 6.09. The summed E-state index contributed by atoms with van der Waals surface area (Å²) in [6.45, 7) is 4.69. The number of hydrogen-bond acceptors (Lipinski definition) is 2. The Morgan fingerprint density at radius 1 is 1.42 bits per heavy atom. The Kier molecular flexibility index (Phi) is 3.94. The van der Waals surface area contributed by atoms with Crippen LogP contribution in [0.2, 0.25) is 0 Å². The number of nitrogens with zero attached hydrogens (tertiary/aromatic N) is 2. The number of carbonyl (C=O) groups is 1. The third-order valence-electron chi connectivity index (χ3n) is 2.81. The van der Waals surface area contributed by atoms with Crippen LogP contribution in [0.1, 0.15) is 21.5 Å². The predicted octanol–water partition coefficient (Wildman–Crippen LogP) is 2.07. The van der Waals surface area contributed by atoms with Crippen molar-refractivity contribution in [2.24, 2.45) is 0 Å². The molecule has 1 amide bonds. The molecule has 0 aliphatic heterocycles. The normalized spacial score (nSPS) is 10.5. The van der Waals surface area contributed by atoms with Crippen molar-refractivity contribution in [2.75, 3.05) is 6.54 Å². The number of benzene rings is 1. The summed E-state index contributed by atoms with van der Waals surface area (Å²) < 4.78 is 14.9. The van der Waals surface area contributed by atoms with E-state index < -0.39 is 0 Å². The van der Waals surface area contributed by atoms with Gasteiger partial charge in [-0.25, -0.2) is 4.39 Å². The van der Waals surface area contributed by atoms with E-state index in [-0.39, 0.29) is 11.7 Å². The highest BCUT2D eigenvalue weighted by Crippen LogP contribution is 2.08. The van der Waals surface area contributed by atoms with Gasteiger partial charge in [-0.05, 0) is 43.2 Å². The Balaban J connectivity index is 1.89. The van der Waals surface area contributed by atoms with Crippen LogP contribution in [0.4, 0.5) is 4.39 Å². The molecule has 1 N–H and O–H groups in total. The molecule has 1 aromatic heterocycles. The van der Waals surface area contributed by atoms with Gasteiger partial charge >= 0.3 is 0 Å². The zero-order valence-corrected chi connectivity index (χ0v) is 11.0. The molecule has 4 nitrogen and oxygen atoms in total. The van der Waals surface area contributed by atoms with Gasteiger partial charge in [-0.3, -0.25) is 9.48 Å². The third-order valence-corrected chi connectivity index (χ3v) is 2.81. The summed E-state index contributed by atoms with van der Waals surface area (Å²) in [7, 11) is 0. The highest BCUT2D eigenvalue weighted by atomic mass is 19.1. The van der Waals surface area contributed by atoms with E-state index in [4.69, 9.17) is 0 Å². The molecule has 0 atom stereocenters. The molecule has 0 aliphatic carbocycles. The van der Waals surface area contributed by atoms with Crippen LogP contribution in [0.3, 0.4) is 0 Å². The number of rotatable bonds is 4. The molecule has 5 heteroatoms. The highest BCUT2D eigenvalue weighted by Gasteiger charge is 2.07. The predicted molar refractivity (Wildman–Crippen MR) is 70.4 cm³/mol. The van der Waals surface area contributed by atoms with Crippen LogP contribution in [-0.4, -0.2) is 22.2 Å². The van der Waals surface area contributed by atoms with Crippen molar-refractivity contribution < 1.29 is 9.18 Å². The van der Waals surface area contributed by atoms with Gasteiger partial charge in [0.25, 0.3) is 5.91 Å². The Morgan fingerprint density at radius 2 is 2.21 bits per heavy atom. The number of aromatic nitrogens is 2. The van der Waals surface area contributed by atoms with Crippen LogP contribution in [0.5, 0.6) is 0 Å². The maximum Gasteiger partial charge on any atom is 0.251 e. The van der Waals surface area contributed by atoms with Crippen LogP contribution < -0.4 is 5.32 Å². The van der Waals surface area contributed by atoms with Crippen LogP contribution >= 0.6 is 0 Å². The summed E-state index contributed by atoms with van der Waals surface area (Å²) in [4.78, 5) is 11.8. The van der Waals surface area contributed by atoms with Gasteiger partial charge in [0.05, 0.1) is 12.7 Å². The van der Waals surface area contributed by atoms with Gasteiger partial charge in [0.15, 0.2) is 0 Å². The molecular formula is C14H16FN3O. The molecule has 0 unspecified atom stereocenters. The molecule has 0 spiro atoms. The van der Waals surface area contributed by atoms with Crippen LogP contribution in [0.25, 0.3) is 0 Å². The van der Waals surface area contributed by atoms with Crippen molar-refractivity contribution in [3.63, 3.8) is 0 Å². The fraction of sp³-hybridized carbons (Fsp3) is 0.286. The van der Waals surface area contributed by atoms with Crippen molar-refractivity contribution in [3.05, 3.63) is 53.1 Å². The molecular weight excluding hydrogens is 245 g/mol. The van der Waals surface area contributed by atoms with E-state index in [2.05, 4.69) is 10.4 Å². The summed E-state index contributed by atoms with van der Waals surface area (Å²) in [6, 6.07) is 4.33. The summed E-state index contributed by atoms with van der Waals surface area (Å²) in [5.74, 6) is -0.504. The minimum Gasteiger partial charge on any atom is -0.350 e. The van der Waals surface area contributed by atoms with Crippen molar-refractivity contribution in [3.8, 4) is 0 Å². The number of carbonyl (C=O) groups excluding carboxylic acids is 1. The third kappa shape index (κ3) is 3.40. The van der Waals surface area contributed by atoms with Crippen molar-refractivity contribution in [1.82, 2.24) is 15.1 Å². The smallest absolute Gasteiger partial charge is 0.251 e. The second-order valence-corrected chi connectivity index (χ2v) is 4.50. The van der Waals surface area contributed by atoms with Gasteiger partial charge < -0.3 is 5.32 Å². The van der Waals surface area contributed by atoms with E-state index >= 15 is 0 Å². The number of halogens is 1. The van der Waals surface area contributed by atoms with E-state index in [9.17, 15) is 9.18 Å². The molecule has 0 saturated heterocycles. The summed E-state index contributed by atoms with van der Waals surface area (Å²) >= 11 is 0. The Morgan fingerprint density at radius 3 is 2.84 bits per heavy atom. The van der Waals surface area contributed by atoms with Gasteiger partial charge in [0.1, 0.15) is 5.82 Å². The Hall–Kier alpha value is -2.17. The van der Waals surface area contributed by atoms with E-state index in [0.29, 0.717) is 24.2 Å². The summed E-state index contributed by atoms with van der Waals surface area (Å²) in [6.07, 6.45) is 3.68. The van der Waals surface area contributed by atoms with Gasteiger partial charge in [-0.2, -0.15) is 5.10 Å². The van der Waals surface area contributed by atoms with Crippen molar-refractivity contribution in [2.45, 2.75) is 20.4 Å².